The van der Waals surface area contributed by atoms with Gasteiger partial charge in [0.1, 0.15) is 11.6 Å². The van der Waals surface area contributed by atoms with Crippen LogP contribution < -0.4 is 10.1 Å². The van der Waals surface area contributed by atoms with Gasteiger partial charge in [-0.2, -0.15) is 18.4 Å². The van der Waals surface area contributed by atoms with Crippen molar-refractivity contribution >= 4 is 21.6 Å². The van der Waals surface area contributed by atoms with E-state index in [2.05, 4.69) is 20.1 Å². The van der Waals surface area contributed by atoms with E-state index in [0.717, 1.165) is 38.2 Å². The predicted molar refractivity (Wildman–Crippen MR) is 119 cm³/mol. The number of hydrazone groups is 1. The lowest BCUT2D eigenvalue weighted by molar-refractivity contribution is 0.0382. The zero-order chi connectivity index (χ0) is 23.4. The smallest absolute Gasteiger partial charge is 0.287 e. The minimum atomic E-state index is -3.95. The minimum absolute atomic E-state index is 0.0893. The van der Waals surface area contributed by atoms with Gasteiger partial charge in [0.25, 0.3) is 15.9 Å². The van der Waals surface area contributed by atoms with Crippen molar-refractivity contribution in [3.8, 4) is 0 Å². The van der Waals surface area contributed by atoms with Crippen molar-refractivity contribution in [1.29, 1.82) is 0 Å². The summed E-state index contributed by atoms with van der Waals surface area (Å²) in [5, 5.41) is 7.02. The number of amides is 1. The van der Waals surface area contributed by atoms with Crippen molar-refractivity contribution in [3.63, 3.8) is 0 Å². The van der Waals surface area contributed by atoms with E-state index in [1.165, 1.54) is 12.1 Å². The van der Waals surface area contributed by atoms with Gasteiger partial charge in [0.15, 0.2) is 5.76 Å². The molecule has 9 nitrogen and oxygen atoms in total. The molecule has 33 heavy (non-hydrogen) atoms. The second-order valence-electron chi connectivity index (χ2n) is 8.02. The van der Waals surface area contributed by atoms with E-state index in [1.54, 1.807) is 6.92 Å². The maximum absolute atomic E-state index is 13.1. The van der Waals surface area contributed by atoms with E-state index in [-0.39, 0.29) is 16.6 Å². The maximum Gasteiger partial charge on any atom is 0.287 e. The summed E-state index contributed by atoms with van der Waals surface area (Å²) in [6, 6.07) is 4.49. The van der Waals surface area contributed by atoms with Crippen LogP contribution in [-0.2, 0) is 21.2 Å². The third kappa shape index (κ3) is 5.43. The van der Waals surface area contributed by atoms with E-state index in [1.807, 2.05) is 0 Å². The zero-order valence-electron chi connectivity index (χ0n) is 18.4. The molecule has 1 aliphatic heterocycles. The third-order valence-electron chi connectivity index (χ3n) is 5.77. The molecule has 1 saturated heterocycles. The molecule has 0 unspecified atom stereocenters. The number of carbonyl (C=O) groups excluding carboxylic acids is 1. The van der Waals surface area contributed by atoms with E-state index >= 15 is 0 Å². The highest BCUT2D eigenvalue weighted by atomic mass is 32.2. The second kappa shape index (κ2) is 10.0. The van der Waals surface area contributed by atoms with Gasteiger partial charge in [-0.3, -0.25) is 9.69 Å². The molecule has 2 aliphatic rings. The summed E-state index contributed by atoms with van der Waals surface area (Å²) in [6.07, 6.45) is 1.90. The van der Waals surface area contributed by atoms with Crippen molar-refractivity contribution in [2.75, 3.05) is 39.4 Å². The molecular weight excluding hydrogens is 451 g/mol. The highest BCUT2D eigenvalue weighted by molar-refractivity contribution is 7.89. The molecule has 0 spiro atoms. The van der Waals surface area contributed by atoms with Crippen LogP contribution in [0.4, 0.5) is 4.39 Å². The number of benzene rings is 1. The number of aryl methyl sites for hydroxylation is 1. The quantitative estimate of drug-likeness (QED) is 0.587. The van der Waals surface area contributed by atoms with E-state index in [9.17, 15) is 17.6 Å². The van der Waals surface area contributed by atoms with Gasteiger partial charge in [0.2, 0.25) is 0 Å². The number of hydrogen-bond acceptors (Lipinski definition) is 7. The number of nitrogens with one attached hydrogen (secondary N) is 2. The van der Waals surface area contributed by atoms with Crippen LogP contribution in [0, 0.1) is 12.7 Å². The molecule has 0 saturated carbocycles. The number of rotatable bonds is 7. The number of furan rings is 1. The molecule has 1 aromatic heterocycles. The Morgan fingerprint density at radius 1 is 1.18 bits per heavy atom. The van der Waals surface area contributed by atoms with Crippen molar-refractivity contribution < 1.29 is 26.8 Å². The lowest BCUT2D eigenvalue weighted by Crippen LogP contribution is -2.41. The fourth-order valence-electron chi connectivity index (χ4n) is 4.01. The fourth-order valence-corrected chi connectivity index (χ4v) is 4.84. The van der Waals surface area contributed by atoms with Crippen LogP contribution in [0.3, 0.4) is 0 Å². The zero-order valence-corrected chi connectivity index (χ0v) is 19.2. The molecule has 1 amide bonds. The number of nitrogens with zero attached hydrogens (tertiary/aromatic N) is 2. The van der Waals surface area contributed by atoms with Crippen LogP contribution >= 0.6 is 0 Å². The minimum Gasteiger partial charge on any atom is -0.455 e. The molecule has 2 heterocycles. The van der Waals surface area contributed by atoms with Crippen molar-refractivity contribution in [3.05, 3.63) is 52.7 Å². The van der Waals surface area contributed by atoms with Gasteiger partial charge < -0.3 is 14.5 Å². The standard InChI is InChI=1S/C22H27FN4O5S/c1-15-20-18(25-26-33(29,30)17-7-5-16(23)6-8-17)3-2-4-19(20)32-21(15)22(28)24-9-10-27-11-13-31-14-12-27/h5-8,26H,2-4,9-14H2,1H3,(H,24,28)/b25-18+. The summed E-state index contributed by atoms with van der Waals surface area (Å²) in [6.45, 7) is 6.08. The van der Waals surface area contributed by atoms with Crippen LogP contribution in [0.1, 0.15) is 40.3 Å². The molecule has 4 rings (SSSR count). The van der Waals surface area contributed by atoms with E-state index in [4.69, 9.17) is 9.15 Å². The number of hydrogen-bond donors (Lipinski definition) is 2. The van der Waals surface area contributed by atoms with E-state index < -0.39 is 15.8 Å². The second-order valence-corrected chi connectivity index (χ2v) is 9.69. The Morgan fingerprint density at radius 2 is 1.91 bits per heavy atom. The van der Waals surface area contributed by atoms with Crippen molar-refractivity contribution in [2.24, 2.45) is 5.10 Å². The fraction of sp³-hybridized carbons (Fsp3) is 0.455. The number of fused-ring (bicyclic) bond motifs is 1. The summed E-state index contributed by atoms with van der Waals surface area (Å²) in [7, 11) is -3.95. The lowest BCUT2D eigenvalue weighted by atomic mass is 9.93. The first-order valence-corrected chi connectivity index (χ1v) is 12.4. The SMILES string of the molecule is Cc1c(C(=O)NCCN2CCOCC2)oc2c1/C(=N/NS(=O)(=O)c1ccc(F)cc1)CCC2. The summed E-state index contributed by atoms with van der Waals surface area (Å²) < 4.78 is 49.3. The lowest BCUT2D eigenvalue weighted by Gasteiger charge is -2.26. The van der Waals surface area contributed by atoms with Gasteiger partial charge in [-0.25, -0.2) is 4.39 Å². The Bertz CT molecular complexity index is 1140. The normalized spacial score (nSPS) is 18.2. The number of sulfonamides is 1. The molecule has 2 N–H and O–H groups in total. The molecule has 0 atom stereocenters. The molecule has 2 aromatic rings. The van der Waals surface area contributed by atoms with Crippen molar-refractivity contribution in [2.45, 2.75) is 31.1 Å². The third-order valence-corrected chi connectivity index (χ3v) is 7.00. The maximum atomic E-state index is 13.1. The predicted octanol–water partition coefficient (Wildman–Crippen LogP) is 1.81. The molecule has 178 valence electrons. The van der Waals surface area contributed by atoms with Crippen LogP contribution in [0.2, 0.25) is 0 Å². The monoisotopic (exact) mass is 478 g/mol. The molecule has 1 fully saturated rings. The summed E-state index contributed by atoms with van der Waals surface area (Å²) in [5.41, 5.74) is 1.81. The number of ether oxygens (including phenoxy) is 1. The van der Waals surface area contributed by atoms with Crippen LogP contribution in [0.25, 0.3) is 0 Å². The molecule has 0 bridgehead atoms. The van der Waals surface area contributed by atoms with Gasteiger partial charge in [-0.15, -0.1) is 0 Å². The Labute approximate surface area is 192 Å². The van der Waals surface area contributed by atoms with Gasteiger partial charge in [0, 0.05) is 43.7 Å². The van der Waals surface area contributed by atoms with Gasteiger partial charge in [-0.05, 0) is 44.0 Å². The van der Waals surface area contributed by atoms with Crippen LogP contribution in [0.5, 0.6) is 0 Å². The van der Waals surface area contributed by atoms with Gasteiger partial charge in [-0.1, -0.05) is 0 Å². The summed E-state index contributed by atoms with van der Waals surface area (Å²) in [5.74, 6) is 0.0122. The van der Waals surface area contributed by atoms with Gasteiger partial charge in [0.05, 0.1) is 23.8 Å². The first kappa shape index (κ1) is 23.4. The summed E-state index contributed by atoms with van der Waals surface area (Å²) >= 11 is 0. The Hall–Kier alpha value is -2.76. The Morgan fingerprint density at radius 3 is 2.64 bits per heavy atom. The number of halogens is 1. The summed E-state index contributed by atoms with van der Waals surface area (Å²) in [4.78, 5) is 17.1. The first-order chi connectivity index (χ1) is 15.8. The average molecular weight is 479 g/mol. The average Bonchev–Trinajstić information content (AvgIpc) is 3.16. The van der Waals surface area contributed by atoms with Gasteiger partial charge >= 0.3 is 0 Å². The number of carbonyl (C=O) groups is 1. The molecular formula is C22H27FN4O5S. The highest BCUT2D eigenvalue weighted by Gasteiger charge is 2.28. The highest BCUT2D eigenvalue weighted by Crippen LogP contribution is 2.30. The number of morpholine rings is 1. The van der Waals surface area contributed by atoms with Crippen LogP contribution in [0.15, 0.2) is 38.7 Å². The molecule has 11 heteroatoms. The topological polar surface area (TPSA) is 113 Å². The largest absolute Gasteiger partial charge is 0.455 e. The van der Waals surface area contributed by atoms with Crippen molar-refractivity contribution in [1.82, 2.24) is 15.0 Å². The van der Waals surface area contributed by atoms with E-state index in [0.29, 0.717) is 55.2 Å². The Kier molecular flexibility index (Phi) is 7.11. The van der Waals surface area contributed by atoms with Crippen LogP contribution in [-0.4, -0.2) is 64.3 Å². The first-order valence-electron chi connectivity index (χ1n) is 10.9. The molecule has 1 aliphatic carbocycles. The molecule has 1 aromatic carbocycles. The Balaban J connectivity index is 1.46. The molecule has 0 radical (unpaired) electrons.